The number of aromatic nitrogens is 1. The Morgan fingerprint density at radius 3 is 2.52 bits per heavy atom. The molecule has 0 radical (unpaired) electrons. The van der Waals surface area contributed by atoms with Crippen LogP contribution in [0.4, 0.5) is 13.2 Å². The smallest absolute Gasteiger partial charge is 0.349 e. The molecule has 1 aliphatic rings. The van der Waals surface area contributed by atoms with Crippen LogP contribution >= 0.6 is 36.2 Å². The minimum absolute atomic E-state index is 0. The van der Waals surface area contributed by atoms with Crippen LogP contribution in [0.2, 0.25) is 0 Å². The molecule has 0 aliphatic carbocycles. The number of amides is 1. The van der Waals surface area contributed by atoms with Gasteiger partial charge in [0.2, 0.25) is 0 Å². The van der Waals surface area contributed by atoms with Crippen molar-refractivity contribution in [3.63, 3.8) is 0 Å². The Kier molecular flexibility index (Phi) is 9.37. The van der Waals surface area contributed by atoms with Crippen LogP contribution in [0.25, 0.3) is 0 Å². The maximum atomic E-state index is 13.2. The van der Waals surface area contributed by atoms with Gasteiger partial charge in [0.1, 0.15) is 10.9 Å². The number of alkyl halides is 3. The lowest BCUT2D eigenvalue weighted by Gasteiger charge is -2.35. The van der Waals surface area contributed by atoms with Crippen LogP contribution in [0.3, 0.4) is 0 Å². The summed E-state index contributed by atoms with van der Waals surface area (Å²) in [5.41, 5.74) is 2.03. The highest BCUT2D eigenvalue weighted by Crippen LogP contribution is 2.25. The lowest BCUT2D eigenvalue weighted by molar-refractivity contribution is -0.183. The molecule has 23 heavy (non-hydrogen) atoms. The van der Waals surface area contributed by atoms with Crippen molar-refractivity contribution in [2.75, 3.05) is 32.7 Å². The van der Waals surface area contributed by atoms with Crippen molar-refractivity contribution in [2.45, 2.75) is 19.1 Å². The van der Waals surface area contributed by atoms with Crippen molar-refractivity contribution < 1.29 is 18.0 Å². The number of hydrogen-bond donors (Lipinski definition) is 2. The first-order chi connectivity index (χ1) is 9.89. The number of halogens is 5. The number of hydrogen-bond acceptors (Lipinski definition) is 5. The van der Waals surface area contributed by atoms with E-state index in [2.05, 4.69) is 15.6 Å². The molecule has 1 atom stereocenters. The third kappa shape index (κ3) is 6.07. The van der Waals surface area contributed by atoms with Crippen molar-refractivity contribution >= 4 is 42.1 Å². The molecular weight excluding hydrogens is 376 g/mol. The first kappa shape index (κ1) is 22.4. The molecule has 0 spiro atoms. The Morgan fingerprint density at radius 1 is 1.43 bits per heavy atom. The Hall–Kier alpha value is -0.610. The van der Waals surface area contributed by atoms with E-state index in [0.29, 0.717) is 36.8 Å². The number of carbonyl (C=O) groups is 1. The second kappa shape index (κ2) is 9.63. The maximum absolute atomic E-state index is 13.2. The standard InChI is InChI=1S/C12H17F3N4OS.2ClH/c1-8-10(21-7-18-8)11(20)17-6-9(12(13,14)15)19-4-2-16-3-5-19;;/h7,9,16H,2-6H2,1H3,(H,17,20);2*1H. The first-order valence-corrected chi connectivity index (χ1v) is 7.47. The molecule has 1 unspecified atom stereocenters. The van der Waals surface area contributed by atoms with E-state index >= 15 is 0 Å². The molecule has 1 aliphatic heterocycles. The summed E-state index contributed by atoms with van der Waals surface area (Å²) in [6, 6.07) is -1.66. The zero-order chi connectivity index (χ0) is 15.5. The van der Waals surface area contributed by atoms with Gasteiger partial charge in [-0.3, -0.25) is 9.69 Å². The Labute approximate surface area is 148 Å². The average molecular weight is 395 g/mol. The van der Waals surface area contributed by atoms with E-state index in [-0.39, 0.29) is 24.8 Å². The third-order valence-corrected chi connectivity index (χ3v) is 4.31. The molecule has 1 aromatic heterocycles. The van der Waals surface area contributed by atoms with Crippen molar-refractivity contribution in [2.24, 2.45) is 0 Å². The quantitative estimate of drug-likeness (QED) is 0.818. The summed E-state index contributed by atoms with van der Waals surface area (Å²) in [6.45, 7) is 2.89. The zero-order valence-corrected chi connectivity index (χ0v) is 14.8. The van der Waals surface area contributed by atoms with Crippen LogP contribution in [0.1, 0.15) is 15.4 Å². The molecule has 1 aromatic rings. The molecule has 2 heterocycles. The number of thiazole rings is 1. The van der Waals surface area contributed by atoms with Crippen LogP contribution in [-0.4, -0.2) is 60.7 Å². The SMILES string of the molecule is Cc1ncsc1C(=O)NCC(N1CCNCC1)C(F)(F)F.Cl.Cl. The maximum Gasteiger partial charge on any atom is 0.405 e. The Balaban J connectivity index is 0.00000242. The highest BCUT2D eigenvalue weighted by atomic mass is 35.5. The summed E-state index contributed by atoms with van der Waals surface area (Å²) < 4.78 is 39.5. The van der Waals surface area contributed by atoms with Gasteiger partial charge in [-0.05, 0) is 6.92 Å². The van der Waals surface area contributed by atoms with Crippen LogP contribution in [-0.2, 0) is 0 Å². The number of aryl methyl sites for hydroxylation is 1. The lowest BCUT2D eigenvalue weighted by Crippen LogP contribution is -2.57. The van der Waals surface area contributed by atoms with Crippen molar-refractivity contribution in [3.05, 3.63) is 16.1 Å². The molecule has 2 N–H and O–H groups in total. The van der Waals surface area contributed by atoms with Gasteiger partial charge in [0.25, 0.3) is 5.91 Å². The lowest BCUT2D eigenvalue weighted by atomic mass is 10.2. The van der Waals surface area contributed by atoms with Gasteiger partial charge in [0.15, 0.2) is 0 Å². The van der Waals surface area contributed by atoms with E-state index in [1.165, 1.54) is 10.4 Å². The van der Waals surface area contributed by atoms with E-state index in [0.717, 1.165) is 11.3 Å². The summed E-state index contributed by atoms with van der Waals surface area (Å²) in [6.07, 6.45) is -4.37. The molecule has 0 bridgehead atoms. The zero-order valence-electron chi connectivity index (χ0n) is 12.4. The largest absolute Gasteiger partial charge is 0.405 e. The fraction of sp³-hybridized carbons (Fsp3) is 0.667. The van der Waals surface area contributed by atoms with Gasteiger partial charge in [-0.1, -0.05) is 0 Å². The van der Waals surface area contributed by atoms with Gasteiger partial charge in [-0.2, -0.15) is 13.2 Å². The fourth-order valence-corrected chi connectivity index (χ4v) is 2.95. The summed E-state index contributed by atoms with van der Waals surface area (Å²) in [7, 11) is 0. The number of piperazine rings is 1. The van der Waals surface area contributed by atoms with E-state index in [4.69, 9.17) is 0 Å². The predicted octanol–water partition coefficient (Wildman–Crippen LogP) is 1.86. The van der Waals surface area contributed by atoms with E-state index in [1.807, 2.05) is 0 Å². The van der Waals surface area contributed by atoms with Crippen LogP contribution in [0.5, 0.6) is 0 Å². The minimum Gasteiger partial charge on any atom is -0.349 e. The normalized spacial score (nSPS) is 16.9. The molecule has 2 rings (SSSR count). The number of nitrogens with one attached hydrogen (secondary N) is 2. The topological polar surface area (TPSA) is 57.3 Å². The van der Waals surface area contributed by atoms with Crippen LogP contribution < -0.4 is 10.6 Å². The molecular formula is C12H19Cl2F3N4OS. The molecule has 5 nitrogen and oxygen atoms in total. The third-order valence-electron chi connectivity index (χ3n) is 3.38. The van der Waals surface area contributed by atoms with Gasteiger partial charge in [-0.15, -0.1) is 36.2 Å². The minimum atomic E-state index is -4.37. The second-order valence-electron chi connectivity index (χ2n) is 4.82. The van der Waals surface area contributed by atoms with Gasteiger partial charge >= 0.3 is 6.18 Å². The van der Waals surface area contributed by atoms with Crippen LogP contribution in [0, 0.1) is 6.92 Å². The monoisotopic (exact) mass is 394 g/mol. The summed E-state index contributed by atoms with van der Waals surface area (Å²) in [5.74, 6) is -0.501. The van der Waals surface area contributed by atoms with Crippen molar-refractivity contribution in [1.29, 1.82) is 0 Å². The molecule has 11 heteroatoms. The number of nitrogens with zero attached hydrogens (tertiary/aromatic N) is 2. The molecule has 1 fully saturated rings. The molecule has 1 saturated heterocycles. The van der Waals surface area contributed by atoms with Gasteiger partial charge in [0.05, 0.1) is 11.2 Å². The van der Waals surface area contributed by atoms with E-state index in [9.17, 15) is 18.0 Å². The molecule has 1 amide bonds. The Bertz CT molecular complexity index is 495. The number of rotatable bonds is 4. The Morgan fingerprint density at radius 2 is 2.04 bits per heavy atom. The van der Waals surface area contributed by atoms with Gasteiger partial charge in [-0.25, -0.2) is 4.98 Å². The van der Waals surface area contributed by atoms with Crippen molar-refractivity contribution in [3.8, 4) is 0 Å². The highest BCUT2D eigenvalue weighted by molar-refractivity contribution is 7.11. The van der Waals surface area contributed by atoms with Gasteiger partial charge < -0.3 is 10.6 Å². The second-order valence-corrected chi connectivity index (χ2v) is 5.68. The van der Waals surface area contributed by atoms with Gasteiger partial charge in [0, 0.05) is 32.7 Å². The fourth-order valence-electron chi connectivity index (χ4n) is 2.24. The molecule has 134 valence electrons. The van der Waals surface area contributed by atoms with E-state index in [1.54, 1.807) is 6.92 Å². The van der Waals surface area contributed by atoms with Crippen LogP contribution in [0.15, 0.2) is 5.51 Å². The molecule has 0 saturated carbocycles. The summed E-state index contributed by atoms with van der Waals surface area (Å²) >= 11 is 1.12. The molecule has 0 aromatic carbocycles. The first-order valence-electron chi connectivity index (χ1n) is 6.59. The highest BCUT2D eigenvalue weighted by Gasteiger charge is 2.43. The summed E-state index contributed by atoms with van der Waals surface area (Å²) in [5, 5.41) is 5.39. The van der Waals surface area contributed by atoms with Crippen molar-refractivity contribution in [1.82, 2.24) is 20.5 Å². The predicted molar refractivity (Wildman–Crippen MR) is 88.0 cm³/mol. The summed E-state index contributed by atoms with van der Waals surface area (Å²) in [4.78, 5) is 17.5. The van der Waals surface area contributed by atoms with E-state index < -0.39 is 24.7 Å². The number of carbonyl (C=O) groups excluding carboxylic acids is 1. The average Bonchev–Trinajstić information content (AvgIpc) is 2.85.